The van der Waals surface area contributed by atoms with E-state index >= 15 is 0 Å². The fourth-order valence-corrected chi connectivity index (χ4v) is 3.71. The van der Waals surface area contributed by atoms with Gasteiger partial charge in [0.1, 0.15) is 23.2 Å². The Hall–Kier alpha value is -2.38. The Bertz CT molecular complexity index is 1030. The number of hydrogen-bond acceptors (Lipinski definition) is 5. The first-order valence-corrected chi connectivity index (χ1v) is 10.8. The minimum absolute atomic E-state index is 0.161. The van der Waals surface area contributed by atoms with Crippen molar-refractivity contribution in [2.24, 2.45) is 0 Å². The molecule has 0 spiro atoms. The van der Waals surface area contributed by atoms with Crippen molar-refractivity contribution in [2.75, 3.05) is 20.8 Å². The van der Waals surface area contributed by atoms with Crippen LogP contribution in [0.1, 0.15) is 58.6 Å². The molecule has 8 heteroatoms. The van der Waals surface area contributed by atoms with Crippen molar-refractivity contribution in [3.05, 3.63) is 51.2 Å². The molecule has 0 saturated heterocycles. The Morgan fingerprint density at radius 3 is 2.34 bits per heavy atom. The maximum atomic E-state index is 14.7. The molecule has 0 saturated carbocycles. The number of benzene rings is 1. The van der Waals surface area contributed by atoms with Crippen molar-refractivity contribution >= 4 is 17.6 Å². The van der Waals surface area contributed by atoms with Gasteiger partial charge in [-0.1, -0.05) is 25.4 Å². The van der Waals surface area contributed by atoms with Crippen molar-refractivity contribution in [3.63, 3.8) is 0 Å². The van der Waals surface area contributed by atoms with Crippen LogP contribution < -0.4 is 10.3 Å². The van der Waals surface area contributed by atoms with Crippen LogP contribution in [-0.4, -0.2) is 37.0 Å². The summed E-state index contributed by atoms with van der Waals surface area (Å²) in [7, 11) is 2.96. The van der Waals surface area contributed by atoms with Gasteiger partial charge in [-0.25, -0.2) is 9.18 Å². The van der Waals surface area contributed by atoms with E-state index in [1.54, 1.807) is 26.8 Å². The summed E-state index contributed by atoms with van der Waals surface area (Å²) < 4.78 is 32.2. The predicted octanol–water partition coefficient (Wildman–Crippen LogP) is 5.36. The van der Waals surface area contributed by atoms with Gasteiger partial charge in [0, 0.05) is 36.8 Å². The van der Waals surface area contributed by atoms with Crippen molar-refractivity contribution in [3.8, 4) is 16.9 Å². The number of nitrogens with zero attached hydrogens (tertiary/aromatic N) is 1. The zero-order valence-electron chi connectivity index (χ0n) is 19.6. The molecule has 0 bridgehead atoms. The highest BCUT2D eigenvalue weighted by molar-refractivity contribution is 6.31. The standard InChI is InChI=1S/C24H31ClFNO5/c1-14(2)22-17(10-15(25)11-18(22)26)16-12-21(28)27(13-20(16)31-7)19(8-9-30-6)23(29)32-24(3,4)5/h10-14,19H,8-9H2,1-7H3. The quantitative estimate of drug-likeness (QED) is 0.489. The number of pyridine rings is 1. The number of hydrogen-bond donors (Lipinski definition) is 0. The number of rotatable bonds is 8. The molecule has 0 amide bonds. The smallest absolute Gasteiger partial charge is 0.329 e. The molecule has 0 radical (unpaired) electrons. The van der Waals surface area contributed by atoms with Crippen LogP contribution in [-0.2, 0) is 14.3 Å². The molecular formula is C24H31ClFNO5. The Morgan fingerprint density at radius 1 is 1.16 bits per heavy atom. The molecule has 32 heavy (non-hydrogen) atoms. The number of esters is 1. The highest BCUT2D eigenvalue weighted by Gasteiger charge is 2.29. The normalized spacial score (nSPS) is 12.7. The van der Waals surface area contributed by atoms with Crippen LogP contribution in [0.4, 0.5) is 4.39 Å². The monoisotopic (exact) mass is 467 g/mol. The van der Waals surface area contributed by atoms with E-state index in [2.05, 4.69) is 0 Å². The van der Waals surface area contributed by atoms with Gasteiger partial charge in [-0.15, -0.1) is 0 Å². The molecule has 0 aliphatic heterocycles. The number of ether oxygens (including phenoxy) is 3. The summed E-state index contributed by atoms with van der Waals surface area (Å²) in [6, 6.07) is 3.28. The number of aromatic nitrogens is 1. The molecule has 2 rings (SSSR count). The summed E-state index contributed by atoms with van der Waals surface area (Å²) in [6.45, 7) is 9.22. The summed E-state index contributed by atoms with van der Waals surface area (Å²) >= 11 is 6.11. The van der Waals surface area contributed by atoms with Crippen LogP contribution in [0, 0.1) is 5.82 Å². The first-order valence-electron chi connectivity index (χ1n) is 10.4. The molecule has 1 aromatic heterocycles. The summed E-state index contributed by atoms with van der Waals surface area (Å²) in [5, 5.41) is 0.208. The van der Waals surface area contributed by atoms with Crippen LogP contribution in [0.2, 0.25) is 5.02 Å². The van der Waals surface area contributed by atoms with Gasteiger partial charge in [-0.05, 0) is 49.9 Å². The molecule has 6 nitrogen and oxygen atoms in total. The molecule has 0 aliphatic carbocycles. The number of carbonyl (C=O) groups excluding carboxylic acids is 1. The van der Waals surface area contributed by atoms with Crippen molar-refractivity contribution in [1.82, 2.24) is 4.57 Å². The number of methoxy groups -OCH3 is 2. The van der Waals surface area contributed by atoms with Gasteiger partial charge in [0.05, 0.1) is 13.3 Å². The molecule has 1 unspecified atom stereocenters. The summed E-state index contributed by atoms with van der Waals surface area (Å²) in [6.07, 6.45) is 1.68. The fraction of sp³-hybridized carbons (Fsp3) is 0.500. The molecule has 0 aliphatic rings. The molecule has 1 aromatic carbocycles. The lowest BCUT2D eigenvalue weighted by molar-refractivity contribution is -0.159. The Labute approximate surface area is 193 Å². The zero-order valence-corrected chi connectivity index (χ0v) is 20.4. The lowest BCUT2D eigenvalue weighted by atomic mass is 9.92. The second kappa shape index (κ2) is 10.5. The van der Waals surface area contributed by atoms with E-state index in [9.17, 15) is 14.0 Å². The van der Waals surface area contributed by atoms with E-state index in [0.29, 0.717) is 22.4 Å². The van der Waals surface area contributed by atoms with Crippen LogP contribution in [0.25, 0.3) is 11.1 Å². The molecule has 0 fully saturated rings. The molecule has 0 N–H and O–H groups in total. The summed E-state index contributed by atoms with van der Waals surface area (Å²) in [4.78, 5) is 26.0. The average Bonchev–Trinajstić information content (AvgIpc) is 2.66. The Morgan fingerprint density at radius 2 is 1.81 bits per heavy atom. The van der Waals surface area contributed by atoms with Crippen molar-refractivity contribution < 1.29 is 23.4 Å². The summed E-state index contributed by atoms with van der Waals surface area (Å²) in [5.74, 6) is -0.867. The third-order valence-electron chi connectivity index (χ3n) is 4.84. The Balaban J connectivity index is 2.68. The highest BCUT2D eigenvalue weighted by Crippen LogP contribution is 2.38. The largest absolute Gasteiger partial charge is 0.495 e. The van der Waals surface area contributed by atoms with Gasteiger partial charge >= 0.3 is 5.97 Å². The SMILES string of the molecule is COCCC(C(=O)OC(C)(C)C)n1cc(OC)c(-c2cc(Cl)cc(F)c2C(C)C)cc1=O. The molecule has 1 heterocycles. The van der Waals surface area contributed by atoms with Gasteiger partial charge < -0.3 is 14.2 Å². The molecular weight excluding hydrogens is 437 g/mol. The first-order chi connectivity index (χ1) is 14.9. The molecule has 1 atom stereocenters. The third kappa shape index (κ3) is 6.11. The average molecular weight is 468 g/mol. The summed E-state index contributed by atoms with van der Waals surface area (Å²) in [5.41, 5.74) is 0.113. The van der Waals surface area contributed by atoms with E-state index < -0.39 is 29.0 Å². The van der Waals surface area contributed by atoms with Crippen LogP contribution >= 0.6 is 11.6 Å². The fourth-order valence-electron chi connectivity index (χ4n) is 3.51. The van der Waals surface area contributed by atoms with Gasteiger partial charge in [-0.3, -0.25) is 9.36 Å². The van der Waals surface area contributed by atoms with Gasteiger partial charge in [0.25, 0.3) is 5.56 Å². The number of halogens is 2. The molecule has 176 valence electrons. The minimum Gasteiger partial charge on any atom is -0.495 e. The van der Waals surface area contributed by atoms with Crippen LogP contribution in [0.5, 0.6) is 5.75 Å². The van der Waals surface area contributed by atoms with E-state index in [4.69, 9.17) is 25.8 Å². The van der Waals surface area contributed by atoms with Crippen LogP contribution in [0.15, 0.2) is 29.2 Å². The van der Waals surface area contributed by atoms with Crippen molar-refractivity contribution in [2.45, 2.75) is 58.6 Å². The van der Waals surface area contributed by atoms with Gasteiger partial charge in [0.2, 0.25) is 0 Å². The lowest BCUT2D eigenvalue weighted by Gasteiger charge is -2.26. The molecule has 2 aromatic rings. The van der Waals surface area contributed by atoms with E-state index in [-0.39, 0.29) is 24.0 Å². The number of carbonyl (C=O) groups is 1. The second-order valence-corrected chi connectivity index (χ2v) is 9.27. The topological polar surface area (TPSA) is 66.8 Å². The van der Waals surface area contributed by atoms with E-state index in [1.165, 1.54) is 37.1 Å². The first kappa shape index (κ1) is 25.9. The third-order valence-corrected chi connectivity index (χ3v) is 5.05. The lowest BCUT2D eigenvalue weighted by Crippen LogP contribution is -2.35. The maximum absolute atomic E-state index is 14.7. The van der Waals surface area contributed by atoms with E-state index in [1.807, 2.05) is 13.8 Å². The van der Waals surface area contributed by atoms with Gasteiger partial charge in [0.15, 0.2) is 0 Å². The zero-order chi connectivity index (χ0) is 24.2. The minimum atomic E-state index is -0.912. The van der Waals surface area contributed by atoms with Crippen molar-refractivity contribution in [1.29, 1.82) is 0 Å². The Kier molecular flexibility index (Phi) is 8.48. The predicted molar refractivity (Wildman–Crippen MR) is 123 cm³/mol. The second-order valence-electron chi connectivity index (χ2n) is 8.84. The highest BCUT2D eigenvalue weighted by atomic mass is 35.5. The van der Waals surface area contributed by atoms with Crippen LogP contribution in [0.3, 0.4) is 0 Å². The van der Waals surface area contributed by atoms with Gasteiger partial charge in [-0.2, -0.15) is 0 Å². The maximum Gasteiger partial charge on any atom is 0.329 e. The van der Waals surface area contributed by atoms with E-state index in [0.717, 1.165) is 0 Å².